The number of nitro groups is 1. The van der Waals surface area contributed by atoms with E-state index in [9.17, 15) is 24.5 Å². The molecule has 0 spiro atoms. The van der Waals surface area contributed by atoms with Gasteiger partial charge in [0.05, 0.1) is 16.1 Å². The van der Waals surface area contributed by atoms with Gasteiger partial charge >= 0.3 is 0 Å². The second-order valence-corrected chi connectivity index (χ2v) is 7.77. The number of benzene rings is 2. The van der Waals surface area contributed by atoms with E-state index in [2.05, 4.69) is 0 Å². The molecule has 1 aliphatic heterocycles. The fourth-order valence-electron chi connectivity index (χ4n) is 3.83. The second kappa shape index (κ2) is 7.70. The largest absolute Gasteiger partial charge is 0.334 e. The van der Waals surface area contributed by atoms with E-state index in [-0.39, 0.29) is 35.3 Å². The van der Waals surface area contributed by atoms with Crippen molar-refractivity contribution in [3.63, 3.8) is 0 Å². The Kier molecular flexibility index (Phi) is 5.07. The summed E-state index contributed by atoms with van der Waals surface area (Å²) in [5.74, 6) is -1.17. The Balaban J connectivity index is 1.55. The van der Waals surface area contributed by atoms with Crippen LogP contribution in [0.15, 0.2) is 48.5 Å². The molecule has 2 aliphatic rings. The number of imide groups is 1. The first-order valence-electron chi connectivity index (χ1n) is 9.85. The number of non-ortho nitro benzene ring substituents is 1. The number of hydrogen-bond donors (Lipinski definition) is 0. The van der Waals surface area contributed by atoms with Crippen molar-refractivity contribution >= 4 is 23.4 Å². The van der Waals surface area contributed by atoms with Crippen LogP contribution in [0.25, 0.3) is 0 Å². The van der Waals surface area contributed by atoms with E-state index in [4.69, 9.17) is 0 Å². The van der Waals surface area contributed by atoms with Gasteiger partial charge in [-0.25, -0.2) is 0 Å². The van der Waals surface area contributed by atoms with E-state index in [1.54, 1.807) is 4.90 Å². The molecular formula is C22H21N3O5. The first kappa shape index (κ1) is 19.8. The Labute approximate surface area is 173 Å². The number of fused-ring (bicyclic) bond motifs is 1. The third kappa shape index (κ3) is 3.68. The molecule has 30 heavy (non-hydrogen) atoms. The van der Waals surface area contributed by atoms with E-state index >= 15 is 0 Å². The number of carbonyl (C=O) groups excluding carboxylic acids is 3. The van der Waals surface area contributed by atoms with Crippen molar-refractivity contribution in [3.05, 3.63) is 75.3 Å². The van der Waals surface area contributed by atoms with Crippen LogP contribution in [0, 0.1) is 16.0 Å². The average molecular weight is 407 g/mol. The summed E-state index contributed by atoms with van der Waals surface area (Å²) >= 11 is 0. The minimum Gasteiger partial charge on any atom is -0.334 e. The van der Waals surface area contributed by atoms with Crippen LogP contribution in [0.2, 0.25) is 0 Å². The first-order chi connectivity index (χ1) is 14.4. The maximum atomic E-state index is 13.2. The normalized spacial score (nSPS) is 16.4. The van der Waals surface area contributed by atoms with Crippen LogP contribution in [0.5, 0.6) is 0 Å². The Bertz CT molecular complexity index is 1030. The van der Waals surface area contributed by atoms with Gasteiger partial charge in [-0.2, -0.15) is 0 Å². The Morgan fingerprint density at radius 1 is 1.13 bits per heavy atom. The highest BCUT2D eigenvalue weighted by Crippen LogP contribution is 2.36. The molecule has 4 rings (SSSR count). The third-order valence-electron chi connectivity index (χ3n) is 5.77. The van der Waals surface area contributed by atoms with E-state index < -0.39 is 16.7 Å². The molecule has 1 fully saturated rings. The number of amides is 3. The summed E-state index contributed by atoms with van der Waals surface area (Å²) in [4.78, 5) is 51.6. The van der Waals surface area contributed by atoms with Gasteiger partial charge in [0.15, 0.2) is 0 Å². The molecule has 0 N–H and O–H groups in total. The molecule has 8 nitrogen and oxygen atoms in total. The molecule has 2 aromatic carbocycles. The van der Waals surface area contributed by atoms with E-state index in [1.807, 2.05) is 37.3 Å². The number of rotatable bonds is 7. The zero-order chi connectivity index (χ0) is 21.4. The lowest BCUT2D eigenvalue weighted by molar-refractivity contribution is -0.384. The van der Waals surface area contributed by atoms with Crippen LogP contribution in [0.1, 0.15) is 46.0 Å². The maximum absolute atomic E-state index is 13.2. The van der Waals surface area contributed by atoms with Crippen molar-refractivity contribution < 1.29 is 19.3 Å². The minimum absolute atomic E-state index is 0.00558. The SMILES string of the molecule is C[C@H](C1CC1)N(Cc1ccccc1)C(=O)CN1C(=O)c2ccc([N+](=O)[O-])cc2C1=O. The van der Waals surface area contributed by atoms with E-state index in [1.165, 1.54) is 12.1 Å². The Morgan fingerprint density at radius 3 is 2.43 bits per heavy atom. The molecule has 2 aromatic rings. The molecular weight excluding hydrogens is 386 g/mol. The first-order valence-corrected chi connectivity index (χ1v) is 9.85. The van der Waals surface area contributed by atoms with Crippen molar-refractivity contribution in [2.75, 3.05) is 6.54 Å². The summed E-state index contributed by atoms with van der Waals surface area (Å²) in [5, 5.41) is 11.0. The third-order valence-corrected chi connectivity index (χ3v) is 5.77. The van der Waals surface area contributed by atoms with Gasteiger partial charge in [-0.15, -0.1) is 0 Å². The highest BCUT2D eigenvalue weighted by Gasteiger charge is 2.40. The predicted octanol–water partition coefficient (Wildman–Crippen LogP) is 3.02. The van der Waals surface area contributed by atoms with Gasteiger partial charge in [-0.3, -0.25) is 29.4 Å². The molecule has 8 heteroatoms. The quantitative estimate of drug-likeness (QED) is 0.399. The van der Waals surface area contributed by atoms with Gasteiger partial charge in [0.25, 0.3) is 17.5 Å². The smallest absolute Gasteiger partial charge is 0.270 e. The number of nitrogens with zero attached hydrogens (tertiary/aromatic N) is 3. The molecule has 0 unspecified atom stereocenters. The number of hydrogen-bond acceptors (Lipinski definition) is 5. The lowest BCUT2D eigenvalue weighted by Gasteiger charge is -2.31. The zero-order valence-corrected chi connectivity index (χ0v) is 16.5. The standard InChI is InChI=1S/C22H21N3O5/c1-14(16-7-8-16)23(12-15-5-3-2-4-6-15)20(26)13-24-21(27)18-10-9-17(25(29)30)11-19(18)22(24)28/h2-6,9-11,14,16H,7-8,12-13H2,1H3/t14-/m1/s1. The van der Waals surface area contributed by atoms with Crippen LogP contribution >= 0.6 is 0 Å². The molecule has 154 valence electrons. The topological polar surface area (TPSA) is 101 Å². The van der Waals surface area contributed by atoms with Crippen molar-refractivity contribution in [2.24, 2.45) is 5.92 Å². The van der Waals surface area contributed by atoms with Crippen molar-refractivity contribution in [1.82, 2.24) is 9.80 Å². The second-order valence-electron chi connectivity index (χ2n) is 7.77. The van der Waals surface area contributed by atoms with Gasteiger partial charge < -0.3 is 4.90 Å². The lowest BCUT2D eigenvalue weighted by atomic mass is 10.1. The molecule has 1 atom stereocenters. The molecule has 0 aromatic heterocycles. The highest BCUT2D eigenvalue weighted by atomic mass is 16.6. The van der Waals surface area contributed by atoms with Crippen LogP contribution in [-0.2, 0) is 11.3 Å². The van der Waals surface area contributed by atoms with Crippen LogP contribution in [0.4, 0.5) is 5.69 Å². The van der Waals surface area contributed by atoms with Crippen LogP contribution in [-0.4, -0.2) is 45.0 Å². The van der Waals surface area contributed by atoms with Crippen molar-refractivity contribution in [2.45, 2.75) is 32.4 Å². The van der Waals surface area contributed by atoms with Gasteiger partial charge in [0, 0.05) is 24.7 Å². The van der Waals surface area contributed by atoms with Crippen molar-refractivity contribution in [3.8, 4) is 0 Å². The maximum Gasteiger partial charge on any atom is 0.270 e. The molecule has 0 bridgehead atoms. The van der Waals surface area contributed by atoms with Gasteiger partial charge in [-0.05, 0) is 37.3 Å². The van der Waals surface area contributed by atoms with E-state index in [0.717, 1.165) is 29.4 Å². The monoisotopic (exact) mass is 407 g/mol. The van der Waals surface area contributed by atoms with Crippen LogP contribution < -0.4 is 0 Å². The Hall–Kier alpha value is -3.55. The summed E-state index contributed by atoms with van der Waals surface area (Å²) in [5.41, 5.74) is 0.752. The highest BCUT2D eigenvalue weighted by molar-refractivity contribution is 6.22. The minimum atomic E-state index is -0.675. The molecule has 3 amide bonds. The van der Waals surface area contributed by atoms with Gasteiger partial charge in [-0.1, -0.05) is 30.3 Å². The summed E-state index contributed by atoms with van der Waals surface area (Å²) in [6.45, 7) is 2.00. The Morgan fingerprint density at radius 2 is 1.80 bits per heavy atom. The summed E-state index contributed by atoms with van der Waals surface area (Å²) in [6.07, 6.45) is 2.10. The van der Waals surface area contributed by atoms with Crippen LogP contribution in [0.3, 0.4) is 0 Å². The molecule has 1 aliphatic carbocycles. The van der Waals surface area contributed by atoms with E-state index in [0.29, 0.717) is 12.5 Å². The van der Waals surface area contributed by atoms with Gasteiger partial charge in [0.1, 0.15) is 6.54 Å². The predicted molar refractivity (Wildman–Crippen MR) is 108 cm³/mol. The van der Waals surface area contributed by atoms with Gasteiger partial charge in [0.2, 0.25) is 5.91 Å². The molecule has 1 saturated carbocycles. The number of nitro benzene ring substituents is 1. The number of carbonyl (C=O) groups is 3. The lowest BCUT2D eigenvalue weighted by Crippen LogP contribution is -2.46. The molecule has 1 heterocycles. The van der Waals surface area contributed by atoms with Crippen molar-refractivity contribution in [1.29, 1.82) is 0 Å². The fourth-order valence-corrected chi connectivity index (χ4v) is 3.83. The fraction of sp³-hybridized carbons (Fsp3) is 0.318. The summed E-state index contributed by atoms with van der Waals surface area (Å²) in [6, 6.07) is 13.1. The zero-order valence-electron chi connectivity index (χ0n) is 16.5. The summed E-state index contributed by atoms with van der Waals surface area (Å²) in [7, 11) is 0. The molecule has 0 radical (unpaired) electrons. The summed E-state index contributed by atoms with van der Waals surface area (Å²) < 4.78 is 0. The average Bonchev–Trinajstić information content (AvgIpc) is 3.57. The molecule has 0 saturated heterocycles.